The maximum absolute atomic E-state index is 15.0. The molecule has 3 aromatic carbocycles. The van der Waals surface area contributed by atoms with Crippen molar-refractivity contribution in [1.29, 1.82) is 0 Å². The minimum atomic E-state index is -1.51. The van der Waals surface area contributed by atoms with E-state index in [1.165, 1.54) is 24.1 Å². The number of aliphatic hydroxyl groups excluding tert-OH is 2. The number of unbranched alkanes of at least 4 members (excludes halogenated alkanes) is 1. The smallest absolute Gasteiger partial charge is 0.245 e. The summed E-state index contributed by atoms with van der Waals surface area (Å²) in [7, 11) is 2.09. The van der Waals surface area contributed by atoms with Gasteiger partial charge in [0.2, 0.25) is 41.4 Å². The molecule has 79 heavy (non-hydrogen) atoms. The third-order valence-corrected chi connectivity index (χ3v) is 15.7. The Labute approximate surface area is 463 Å². The van der Waals surface area contributed by atoms with Gasteiger partial charge in [0.1, 0.15) is 48.1 Å². The first kappa shape index (κ1) is 59.0. The van der Waals surface area contributed by atoms with E-state index in [0.29, 0.717) is 24.0 Å². The highest BCUT2D eigenvalue weighted by molar-refractivity contribution is 8.76. The monoisotopic (exact) mass is 1120 g/mol. The predicted molar refractivity (Wildman–Crippen MR) is 300 cm³/mol. The van der Waals surface area contributed by atoms with Gasteiger partial charge in [-0.2, -0.15) is 0 Å². The Morgan fingerprint density at radius 2 is 1.38 bits per heavy atom. The van der Waals surface area contributed by atoms with Crippen LogP contribution in [0.5, 0.6) is 0 Å². The van der Waals surface area contributed by atoms with Crippen LogP contribution < -0.4 is 54.4 Å². The number of nitrogens with zero attached hydrogens (tertiary/aromatic N) is 4. The molecule has 0 saturated carbocycles. The van der Waals surface area contributed by atoms with Crippen molar-refractivity contribution >= 4 is 90.8 Å². The number of nitrogen functional groups attached to an aromatic ring is 1. The minimum absolute atomic E-state index is 0.0320. The molecule has 1 fully saturated rings. The summed E-state index contributed by atoms with van der Waals surface area (Å²) in [5.41, 5.74) is 21.7. The fourth-order valence-corrected chi connectivity index (χ4v) is 11.1. The van der Waals surface area contributed by atoms with Gasteiger partial charge in [0.25, 0.3) is 0 Å². The summed E-state index contributed by atoms with van der Waals surface area (Å²) in [5, 5.41) is 40.6. The first-order valence-corrected chi connectivity index (χ1v) is 28.3. The summed E-state index contributed by atoms with van der Waals surface area (Å²) in [6, 6.07) is 14.7. The van der Waals surface area contributed by atoms with Gasteiger partial charge in [-0.15, -0.1) is 0 Å². The third-order valence-electron chi connectivity index (χ3n) is 13.2. The number of nitrogens with one attached hydrogen (secondary N) is 8. The lowest BCUT2D eigenvalue weighted by Gasteiger charge is -2.29. The average Bonchev–Trinajstić information content (AvgIpc) is 4.08. The van der Waals surface area contributed by atoms with Crippen molar-refractivity contribution in [2.24, 2.45) is 11.5 Å². The first-order valence-electron chi connectivity index (χ1n) is 25.8. The lowest BCUT2D eigenvalue weighted by atomic mass is 10.0. The number of nitrogens with two attached hydrogens (primary N) is 3. The molecule has 420 valence electrons. The Morgan fingerprint density at radius 3 is 2.09 bits per heavy atom. The van der Waals surface area contributed by atoms with Crippen LogP contribution >= 0.6 is 21.6 Å². The molecule has 1 aliphatic rings. The number of benzene rings is 3. The van der Waals surface area contributed by atoms with E-state index in [0.717, 1.165) is 38.1 Å². The number of aromatic nitrogens is 5. The predicted octanol–water partition coefficient (Wildman–Crippen LogP) is -0.764. The molecule has 9 atom stereocenters. The van der Waals surface area contributed by atoms with Gasteiger partial charge in [0.15, 0.2) is 11.5 Å². The second-order valence-corrected chi connectivity index (χ2v) is 21.7. The molecule has 7 rings (SSSR count). The van der Waals surface area contributed by atoms with Crippen molar-refractivity contribution in [3.8, 4) is 0 Å². The number of imidazole rings is 1. The number of hydrogen-bond acceptors (Lipinski definition) is 17. The van der Waals surface area contributed by atoms with Crippen LogP contribution in [0, 0.1) is 0 Å². The molecular weight excluding hydrogens is 1050 g/mol. The molecule has 4 heterocycles. The largest absolute Gasteiger partial charge is 0.394 e. The van der Waals surface area contributed by atoms with E-state index in [4.69, 9.17) is 17.2 Å². The zero-order chi connectivity index (χ0) is 56.4. The Balaban J connectivity index is 1.29. The lowest BCUT2D eigenvalue weighted by Crippen LogP contribution is -2.61. The van der Waals surface area contributed by atoms with Gasteiger partial charge in [0, 0.05) is 41.4 Å². The highest BCUT2D eigenvalue weighted by Crippen LogP contribution is 2.25. The number of carbonyl (C=O) groups excluding carboxylic acids is 7. The second-order valence-electron chi connectivity index (χ2n) is 19.1. The number of H-pyrrole nitrogens is 1. The van der Waals surface area contributed by atoms with E-state index in [-0.39, 0.29) is 67.3 Å². The van der Waals surface area contributed by atoms with Crippen molar-refractivity contribution in [2.45, 2.75) is 106 Å². The molecule has 1 aliphatic heterocycles. The van der Waals surface area contributed by atoms with Crippen molar-refractivity contribution in [3.63, 3.8) is 0 Å². The number of fused-ring (bicyclic) bond motifs is 2. The molecule has 3 aromatic heterocycles. The summed E-state index contributed by atoms with van der Waals surface area (Å²) < 4.78 is 1.46. The summed E-state index contributed by atoms with van der Waals surface area (Å²) in [6.07, 6.45) is 3.88. The van der Waals surface area contributed by atoms with Gasteiger partial charge in [0.05, 0.1) is 37.7 Å². The molecule has 0 bridgehead atoms. The number of para-hydroxylation sites is 1. The van der Waals surface area contributed by atoms with Gasteiger partial charge in [-0.05, 0) is 61.9 Å². The molecule has 0 spiro atoms. The third kappa shape index (κ3) is 16.5. The highest BCUT2D eigenvalue weighted by Gasteiger charge is 2.36. The van der Waals surface area contributed by atoms with Gasteiger partial charge in [-0.25, -0.2) is 15.0 Å². The van der Waals surface area contributed by atoms with Gasteiger partial charge in [-0.3, -0.25) is 33.6 Å². The van der Waals surface area contributed by atoms with E-state index in [9.17, 15) is 43.8 Å². The fourth-order valence-electron chi connectivity index (χ4n) is 8.77. The maximum Gasteiger partial charge on any atom is 0.245 e. The fraction of sp³-hybridized carbons (Fsp3) is 0.396. The molecule has 7 amide bonds. The van der Waals surface area contributed by atoms with E-state index in [2.05, 4.69) is 57.2 Å². The van der Waals surface area contributed by atoms with Crippen LogP contribution in [0.2, 0.25) is 0 Å². The molecule has 1 unspecified atom stereocenters. The number of hydrogen-bond donors (Lipinski definition) is 13. The Morgan fingerprint density at radius 1 is 0.759 bits per heavy atom. The molecular formula is C53H67N15O9S2. The van der Waals surface area contributed by atoms with Crippen molar-refractivity contribution < 1.29 is 43.8 Å². The molecule has 26 heteroatoms. The van der Waals surface area contributed by atoms with Crippen LogP contribution in [0.3, 0.4) is 0 Å². The normalized spacial score (nSPS) is 21.4. The van der Waals surface area contributed by atoms with Gasteiger partial charge < -0.3 is 74.2 Å². The summed E-state index contributed by atoms with van der Waals surface area (Å²) >= 11 is 0. The first-order chi connectivity index (χ1) is 38.1. The summed E-state index contributed by atoms with van der Waals surface area (Å²) in [6.45, 7) is 0.635. The molecule has 1 saturated heterocycles. The number of aliphatic hydroxyl groups is 2. The SMILES string of the molecule is CC(O)[C@@H](CO)NC(=O)[C@@H]1CSSC[C@H](NC(=O)[C@H](N)Cc2ccccc2)C(=O)N[C@@H](Cc2ccccc2)C(=O)N[C@H](Cc2c[nH]c3ccccc23)C(=O)N[C@@H](CCCCN)C(=O)N[C@@H](Cn2cnc3c(N)ncnc32)C(=O)N1. The van der Waals surface area contributed by atoms with Crippen LogP contribution in [-0.2, 0) is 59.4 Å². The minimum Gasteiger partial charge on any atom is -0.394 e. The van der Waals surface area contributed by atoms with Crippen molar-refractivity contribution in [2.75, 3.05) is 30.4 Å². The number of anilines is 1. The Bertz CT molecular complexity index is 3040. The van der Waals surface area contributed by atoms with Crippen molar-refractivity contribution in [3.05, 3.63) is 120 Å². The van der Waals surface area contributed by atoms with Crippen LogP contribution in [0.4, 0.5) is 5.82 Å². The maximum atomic E-state index is 15.0. The van der Waals surface area contributed by atoms with Crippen LogP contribution in [0.15, 0.2) is 104 Å². The number of carbonyl (C=O) groups is 7. The van der Waals surface area contributed by atoms with Gasteiger partial charge in [-0.1, -0.05) is 100 Å². The highest BCUT2D eigenvalue weighted by atomic mass is 33.1. The Kier molecular flexibility index (Phi) is 21.6. The van der Waals surface area contributed by atoms with Crippen LogP contribution in [0.1, 0.15) is 42.9 Å². The van der Waals surface area contributed by atoms with E-state index >= 15 is 0 Å². The molecule has 0 aliphatic carbocycles. The van der Waals surface area contributed by atoms with E-state index in [1.54, 1.807) is 48.7 Å². The van der Waals surface area contributed by atoms with E-state index in [1.807, 2.05) is 42.5 Å². The van der Waals surface area contributed by atoms with Gasteiger partial charge >= 0.3 is 0 Å². The molecule has 6 aromatic rings. The second kappa shape index (κ2) is 28.8. The topological polar surface area (TPSA) is 382 Å². The van der Waals surface area contributed by atoms with Crippen LogP contribution in [-0.4, -0.2) is 155 Å². The standard InChI is InChI=1S/C53H67N15O9S2/c1-30(70)41(25-69)65-53(77)43-27-79-78-26-42(66-47(71)35(55)20-31-12-4-2-5-13-31)52(76)62-38(21-32-14-6-3-7-15-32)49(73)63-39(22-33-23-57-36-17-9-8-16-34(33)36)50(74)61-37(18-10-11-19-54)48(72)64-40(51(75)67-43)24-68-29-60-44-45(56)58-28-59-46(44)68/h2-9,12-17,23,28-30,35,37-43,57,69-70H,10-11,18-22,24-27,54-55H2,1H3,(H,61,74)(H,62,76)(H,63,73)(H,64,72)(H,65,77)(H,66,71)(H,67,75)(H2,56,58,59)/t30?,35-,37+,38+,39-,40+,41-,42+,43+/m1/s1. The quantitative estimate of drug-likeness (QED) is 0.0371. The summed E-state index contributed by atoms with van der Waals surface area (Å²) in [4.78, 5) is 118. The molecule has 0 radical (unpaired) electrons. The zero-order valence-electron chi connectivity index (χ0n) is 43.4. The van der Waals surface area contributed by atoms with Crippen molar-refractivity contribution in [1.82, 2.24) is 61.7 Å². The average molecular weight is 1120 g/mol. The number of amides is 7. The molecule has 24 nitrogen and oxygen atoms in total. The van der Waals surface area contributed by atoms with E-state index < -0.39 is 102 Å². The Hall–Kier alpha value is -7.62. The van der Waals surface area contributed by atoms with Crippen LogP contribution in [0.25, 0.3) is 22.1 Å². The molecule has 16 N–H and O–H groups in total. The zero-order valence-corrected chi connectivity index (χ0v) is 45.0. The number of rotatable bonds is 18. The number of aromatic amines is 1. The lowest BCUT2D eigenvalue weighted by molar-refractivity contribution is -0.135. The summed E-state index contributed by atoms with van der Waals surface area (Å²) in [5.74, 6) is -5.81.